The molecule has 0 aliphatic heterocycles. The highest BCUT2D eigenvalue weighted by molar-refractivity contribution is 5.93. The van der Waals surface area contributed by atoms with Crippen molar-refractivity contribution in [2.75, 3.05) is 13.1 Å². The second-order valence-corrected chi connectivity index (χ2v) is 8.79. The van der Waals surface area contributed by atoms with E-state index in [-0.39, 0.29) is 44.1 Å². The molecule has 0 radical (unpaired) electrons. The number of hydrogen-bond acceptors (Lipinski definition) is 7. The molecule has 0 aromatic heterocycles. The summed E-state index contributed by atoms with van der Waals surface area (Å²) in [5.41, 5.74) is 17.5. The minimum absolute atomic E-state index is 0.0185. The number of nitrogens with zero attached hydrogens (tertiary/aromatic N) is 1. The highest BCUT2D eigenvalue weighted by Gasteiger charge is 2.29. The zero-order valence-corrected chi connectivity index (χ0v) is 21.4. The van der Waals surface area contributed by atoms with E-state index in [0.717, 1.165) is 5.56 Å². The molecule has 0 heterocycles. The largest absolute Gasteiger partial charge is 0.508 e. The van der Waals surface area contributed by atoms with E-state index in [1.165, 1.54) is 12.1 Å². The lowest BCUT2D eigenvalue weighted by Crippen LogP contribution is -2.57. The third kappa shape index (κ3) is 11.1. The first-order valence-corrected chi connectivity index (χ1v) is 12.3. The second-order valence-electron chi connectivity index (χ2n) is 8.79. The molecule has 0 saturated heterocycles. The van der Waals surface area contributed by atoms with Gasteiger partial charge in [0.1, 0.15) is 23.9 Å². The van der Waals surface area contributed by atoms with E-state index in [1.54, 1.807) is 36.4 Å². The molecule has 3 atom stereocenters. The summed E-state index contributed by atoms with van der Waals surface area (Å²) in [6.45, 7) is -0.159. The number of hydrogen-bond donors (Lipinski definition) is 8. The van der Waals surface area contributed by atoms with Gasteiger partial charge in [-0.3, -0.25) is 19.4 Å². The van der Waals surface area contributed by atoms with Gasteiger partial charge in [-0.05, 0) is 36.1 Å². The van der Waals surface area contributed by atoms with Crippen LogP contribution in [0.2, 0.25) is 0 Å². The van der Waals surface area contributed by atoms with Crippen LogP contribution >= 0.6 is 0 Å². The monoisotopic (exact) mass is 541 g/mol. The Balaban J connectivity index is 2.21. The van der Waals surface area contributed by atoms with Gasteiger partial charge in [-0.2, -0.15) is 0 Å². The lowest BCUT2D eigenvalue weighted by Gasteiger charge is -2.24. The summed E-state index contributed by atoms with van der Waals surface area (Å²) in [6.07, 6.45) is 0.464. The minimum atomic E-state index is -1.31. The van der Waals surface area contributed by atoms with Gasteiger partial charge in [0.2, 0.25) is 17.7 Å². The number of nitrogens with one attached hydrogen (secondary N) is 3. The number of phenolic OH excluding ortho intramolecular Hbond substituents is 1. The first-order chi connectivity index (χ1) is 18.6. The summed E-state index contributed by atoms with van der Waals surface area (Å²) >= 11 is 0. The van der Waals surface area contributed by atoms with Crippen molar-refractivity contribution in [1.82, 2.24) is 16.0 Å². The molecular weight excluding hydrogens is 506 g/mol. The van der Waals surface area contributed by atoms with E-state index in [2.05, 4.69) is 20.9 Å². The van der Waals surface area contributed by atoms with Crippen LogP contribution in [0.3, 0.4) is 0 Å². The quantitative estimate of drug-likeness (QED) is 0.0761. The Bertz CT molecular complexity index is 1140. The molecule has 2 aromatic carbocycles. The third-order valence-electron chi connectivity index (χ3n) is 5.69. The zero-order chi connectivity index (χ0) is 28.8. The fourth-order valence-corrected chi connectivity index (χ4v) is 3.70. The maximum absolute atomic E-state index is 13.2. The molecule has 210 valence electrons. The van der Waals surface area contributed by atoms with Crippen molar-refractivity contribution >= 4 is 29.7 Å². The van der Waals surface area contributed by atoms with Crippen LogP contribution in [-0.2, 0) is 32.0 Å². The molecule has 0 aliphatic rings. The molecule has 0 saturated carbocycles. The molecule has 0 spiro atoms. The molecule has 39 heavy (non-hydrogen) atoms. The number of benzene rings is 2. The minimum Gasteiger partial charge on any atom is -0.508 e. The number of carbonyl (C=O) groups is 4. The van der Waals surface area contributed by atoms with Crippen molar-refractivity contribution in [3.05, 3.63) is 65.7 Å². The summed E-state index contributed by atoms with van der Waals surface area (Å²) in [5, 5.41) is 26.8. The van der Waals surface area contributed by atoms with E-state index < -0.39 is 41.8 Å². The number of guanidine groups is 1. The number of amides is 3. The average molecular weight is 542 g/mol. The van der Waals surface area contributed by atoms with Crippen molar-refractivity contribution in [3.8, 4) is 5.75 Å². The van der Waals surface area contributed by atoms with Crippen LogP contribution in [0, 0.1) is 0 Å². The fourth-order valence-electron chi connectivity index (χ4n) is 3.70. The van der Waals surface area contributed by atoms with E-state index in [1.807, 2.05) is 6.07 Å². The first kappa shape index (κ1) is 30.6. The Morgan fingerprint density at radius 1 is 0.795 bits per heavy atom. The van der Waals surface area contributed by atoms with Gasteiger partial charge in [-0.25, -0.2) is 4.79 Å². The maximum Gasteiger partial charge on any atom is 0.326 e. The maximum atomic E-state index is 13.2. The van der Waals surface area contributed by atoms with Gasteiger partial charge in [0, 0.05) is 19.4 Å². The normalized spacial score (nSPS) is 12.8. The van der Waals surface area contributed by atoms with Crippen molar-refractivity contribution < 1.29 is 29.4 Å². The molecule has 0 bridgehead atoms. The molecule has 13 nitrogen and oxygen atoms in total. The van der Waals surface area contributed by atoms with Gasteiger partial charge < -0.3 is 43.4 Å². The summed E-state index contributed by atoms with van der Waals surface area (Å²) < 4.78 is 0. The van der Waals surface area contributed by atoms with E-state index >= 15 is 0 Å². The topological polar surface area (TPSA) is 235 Å². The molecular formula is C26H35N7O6. The lowest BCUT2D eigenvalue weighted by atomic mass is 10.0. The highest BCUT2D eigenvalue weighted by atomic mass is 16.4. The van der Waals surface area contributed by atoms with Gasteiger partial charge in [-0.15, -0.1) is 0 Å². The van der Waals surface area contributed by atoms with Crippen LogP contribution in [0.1, 0.15) is 24.0 Å². The molecule has 13 heteroatoms. The predicted molar refractivity (Wildman–Crippen MR) is 144 cm³/mol. The Morgan fingerprint density at radius 2 is 1.36 bits per heavy atom. The Hall–Kier alpha value is -4.65. The Labute approximate surface area is 225 Å². The highest BCUT2D eigenvalue weighted by Crippen LogP contribution is 2.12. The van der Waals surface area contributed by atoms with Crippen LogP contribution in [0.4, 0.5) is 0 Å². The van der Waals surface area contributed by atoms with Gasteiger partial charge in [0.15, 0.2) is 5.96 Å². The summed E-state index contributed by atoms with van der Waals surface area (Å²) in [6, 6.07) is 11.4. The molecule has 2 aromatic rings. The fraction of sp³-hybridized carbons (Fsp3) is 0.346. The van der Waals surface area contributed by atoms with Crippen molar-refractivity contribution in [3.63, 3.8) is 0 Å². The standard InChI is InChI=1S/C26H35N7O6/c27-15-22(35)31-20(13-16-5-2-1-3-6-16)24(37)32-19(7-4-12-30-26(28)29)23(36)33-21(25(38)39)14-17-8-10-18(34)11-9-17/h1-3,5-6,8-11,19-21,34H,4,7,12-15,27H2,(H,31,35)(H,32,37)(H,33,36)(H,38,39)(H4,28,29,30). The van der Waals surface area contributed by atoms with Gasteiger partial charge in [0.25, 0.3) is 0 Å². The summed E-state index contributed by atoms with van der Waals surface area (Å²) in [5.74, 6) is -3.33. The number of phenols is 1. The summed E-state index contributed by atoms with van der Waals surface area (Å²) in [4.78, 5) is 54.2. The second kappa shape index (κ2) is 15.6. The van der Waals surface area contributed by atoms with Gasteiger partial charge >= 0.3 is 5.97 Å². The number of aromatic hydroxyl groups is 1. The lowest BCUT2D eigenvalue weighted by molar-refractivity contribution is -0.142. The predicted octanol–water partition coefficient (Wildman–Crippen LogP) is -1.27. The number of aliphatic carboxylic acids is 1. The zero-order valence-electron chi connectivity index (χ0n) is 21.4. The molecule has 11 N–H and O–H groups in total. The van der Waals surface area contributed by atoms with Gasteiger partial charge in [-0.1, -0.05) is 42.5 Å². The van der Waals surface area contributed by atoms with E-state index in [9.17, 15) is 29.4 Å². The SMILES string of the molecule is NCC(=O)NC(Cc1ccccc1)C(=O)NC(CCCN=C(N)N)C(=O)NC(Cc1ccc(O)cc1)C(=O)O. The van der Waals surface area contributed by atoms with Crippen LogP contribution in [0.5, 0.6) is 5.75 Å². The average Bonchev–Trinajstić information content (AvgIpc) is 2.90. The van der Waals surface area contributed by atoms with Crippen LogP contribution in [0.15, 0.2) is 59.6 Å². The molecule has 3 unspecified atom stereocenters. The van der Waals surface area contributed by atoms with Crippen LogP contribution in [-0.4, -0.2) is 71.1 Å². The van der Waals surface area contributed by atoms with Crippen LogP contribution in [0.25, 0.3) is 0 Å². The van der Waals surface area contributed by atoms with Crippen molar-refractivity contribution in [2.45, 2.75) is 43.8 Å². The number of carbonyl (C=O) groups excluding carboxylic acids is 3. The van der Waals surface area contributed by atoms with Crippen molar-refractivity contribution in [2.24, 2.45) is 22.2 Å². The third-order valence-corrected chi connectivity index (χ3v) is 5.69. The van der Waals surface area contributed by atoms with E-state index in [0.29, 0.717) is 12.0 Å². The molecule has 0 fully saturated rings. The number of rotatable bonds is 15. The van der Waals surface area contributed by atoms with Crippen molar-refractivity contribution in [1.29, 1.82) is 0 Å². The smallest absolute Gasteiger partial charge is 0.326 e. The first-order valence-electron chi connectivity index (χ1n) is 12.3. The molecule has 3 amide bonds. The molecule has 2 rings (SSSR count). The number of nitrogens with two attached hydrogens (primary N) is 3. The molecule has 0 aliphatic carbocycles. The summed E-state index contributed by atoms with van der Waals surface area (Å²) in [7, 11) is 0. The van der Waals surface area contributed by atoms with E-state index in [4.69, 9.17) is 17.2 Å². The Morgan fingerprint density at radius 3 is 1.95 bits per heavy atom. The Kier molecular flexibility index (Phi) is 12.2. The van der Waals surface area contributed by atoms with Crippen LogP contribution < -0.4 is 33.2 Å². The number of aliphatic imine (C=N–C) groups is 1. The number of carboxylic acids is 1. The number of carboxylic acid groups (broad SMARTS) is 1. The van der Waals surface area contributed by atoms with Gasteiger partial charge in [0.05, 0.1) is 6.54 Å².